The first-order chi connectivity index (χ1) is 10.5. The number of aryl methyl sites for hydroxylation is 1. The zero-order chi connectivity index (χ0) is 16.1. The van der Waals surface area contributed by atoms with Crippen LogP contribution in [-0.4, -0.2) is 28.3 Å². The van der Waals surface area contributed by atoms with Gasteiger partial charge in [0.25, 0.3) is 5.91 Å². The Kier molecular flexibility index (Phi) is 4.93. The third kappa shape index (κ3) is 3.94. The summed E-state index contributed by atoms with van der Waals surface area (Å²) in [4.78, 5) is 23.7. The van der Waals surface area contributed by atoms with Crippen LogP contribution in [0.15, 0.2) is 36.5 Å². The van der Waals surface area contributed by atoms with Crippen LogP contribution in [0.4, 0.5) is 5.82 Å². The summed E-state index contributed by atoms with van der Waals surface area (Å²) in [5, 5.41) is 6.79. The van der Waals surface area contributed by atoms with E-state index in [4.69, 9.17) is 4.74 Å². The second-order valence-corrected chi connectivity index (χ2v) is 5.25. The van der Waals surface area contributed by atoms with Crippen molar-refractivity contribution in [3.05, 3.63) is 47.7 Å². The van der Waals surface area contributed by atoms with E-state index in [-0.39, 0.29) is 12.6 Å². The largest absolute Gasteiger partial charge is 0.452 e. The molecule has 0 aliphatic rings. The molecule has 0 saturated carbocycles. The molecule has 0 atom stereocenters. The highest BCUT2D eigenvalue weighted by Gasteiger charge is 2.12. The molecule has 0 radical (unpaired) electrons. The maximum Gasteiger partial charge on any atom is 0.338 e. The van der Waals surface area contributed by atoms with Crippen molar-refractivity contribution in [3.63, 3.8) is 0 Å². The Morgan fingerprint density at radius 1 is 1.23 bits per heavy atom. The van der Waals surface area contributed by atoms with E-state index in [1.165, 1.54) is 0 Å². The maximum atomic E-state index is 11.8. The van der Waals surface area contributed by atoms with Crippen molar-refractivity contribution in [1.29, 1.82) is 0 Å². The zero-order valence-electron chi connectivity index (χ0n) is 12.9. The summed E-state index contributed by atoms with van der Waals surface area (Å²) in [5.41, 5.74) is 1.47. The molecule has 0 aliphatic carbocycles. The normalized spacial score (nSPS) is 10.5. The average molecular weight is 301 g/mol. The Balaban J connectivity index is 1.88. The lowest BCUT2D eigenvalue weighted by atomic mass is 10.1. The van der Waals surface area contributed by atoms with Gasteiger partial charge in [-0.2, -0.15) is 5.10 Å². The van der Waals surface area contributed by atoms with Crippen LogP contribution >= 0.6 is 0 Å². The first-order valence-corrected chi connectivity index (χ1v) is 7.04. The number of anilines is 1. The Bertz CT molecular complexity index is 660. The van der Waals surface area contributed by atoms with Gasteiger partial charge in [0.1, 0.15) is 5.82 Å². The predicted molar refractivity (Wildman–Crippen MR) is 82.7 cm³/mol. The predicted octanol–water partition coefficient (Wildman–Crippen LogP) is 2.57. The molecule has 0 fully saturated rings. The molecule has 0 bridgehead atoms. The average Bonchev–Trinajstić information content (AvgIpc) is 2.94. The van der Waals surface area contributed by atoms with Crippen molar-refractivity contribution >= 4 is 17.7 Å². The highest BCUT2D eigenvalue weighted by atomic mass is 16.5. The minimum atomic E-state index is -0.521. The molecule has 2 aromatic rings. The topological polar surface area (TPSA) is 73.2 Å². The minimum Gasteiger partial charge on any atom is -0.452 e. The molecule has 0 saturated heterocycles. The molecular weight excluding hydrogens is 282 g/mol. The number of carbonyl (C=O) groups excluding carboxylic acids is 2. The monoisotopic (exact) mass is 301 g/mol. The van der Waals surface area contributed by atoms with E-state index in [0.29, 0.717) is 11.4 Å². The molecule has 1 N–H and O–H groups in total. The minimum absolute atomic E-state index is 0.125. The van der Waals surface area contributed by atoms with Gasteiger partial charge in [0.05, 0.1) is 11.8 Å². The van der Waals surface area contributed by atoms with Gasteiger partial charge in [-0.1, -0.05) is 17.7 Å². The second-order valence-electron chi connectivity index (χ2n) is 5.25. The fourth-order valence-electron chi connectivity index (χ4n) is 1.91. The molecule has 0 aliphatic heterocycles. The Hall–Kier alpha value is -2.63. The molecule has 6 heteroatoms. The summed E-state index contributed by atoms with van der Waals surface area (Å²) in [6.45, 7) is 5.51. The van der Waals surface area contributed by atoms with Crippen LogP contribution < -0.4 is 5.32 Å². The standard InChI is InChI=1S/C16H19N3O3/c1-11(2)19-14(8-9-17-19)18-15(20)10-22-16(21)13-6-4-12(3)5-7-13/h4-9,11H,10H2,1-3H3,(H,18,20). The van der Waals surface area contributed by atoms with Gasteiger partial charge in [0.2, 0.25) is 0 Å². The number of rotatable bonds is 5. The van der Waals surface area contributed by atoms with E-state index >= 15 is 0 Å². The van der Waals surface area contributed by atoms with Gasteiger partial charge in [-0.25, -0.2) is 9.48 Å². The van der Waals surface area contributed by atoms with Crippen LogP contribution in [0.3, 0.4) is 0 Å². The highest BCUT2D eigenvalue weighted by molar-refractivity contribution is 5.95. The molecule has 1 aromatic carbocycles. The number of hydrogen-bond donors (Lipinski definition) is 1. The van der Waals surface area contributed by atoms with E-state index in [1.54, 1.807) is 29.1 Å². The van der Waals surface area contributed by atoms with E-state index < -0.39 is 11.9 Å². The number of amides is 1. The maximum absolute atomic E-state index is 11.8. The summed E-state index contributed by atoms with van der Waals surface area (Å²) in [7, 11) is 0. The lowest BCUT2D eigenvalue weighted by Gasteiger charge is -2.11. The lowest BCUT2D eigenvalue weighted by molar-refractivity contribution is -0.119. The van der Waals surface area contributed by atoms with Gasteiger partial charge in [0.15, 0.2) is 6.61 Å². The van der Waals surface area contributed by atoms with Gasteiger partial charge in [0, 0.05) is 12.1 Å². The van der Waals surface area contributed by atoms with E-state index in [2.05, 4.69) is 10.4 Å². The second kappa shape index (κ2) is 6.89. The van der Waals surface area contributed by atoms with Gasteiger partial charge in [-0.05, 0) is 32.9 Å². The highest BCUT2D eigenvalue weighted by Crippen LogP contribution is 2.13. The number of hydrogen-bond acceptors (Lipinski definition) is 4. The summed E-state index contributed by atoms with van der Waals surface area (Å²) in [5.74, 6) is -0.346. The van der Waals surface area contributed by atoms with Crippen LogP contribution in [0.2, 0.25) is 0 Å². The zero-order valence-corrected chi connectivity index (χ0v) is 12.9. The van der Waals surface area contributed by atoms with Crippen LogP contribution in [0.5, 0.6) is 0 Å². The summed E-state index contributed by atoms with van der Waals surface area (Å²) >= 11 is 0. The first-order valence-electron chi connectivity index (χ1n) is 7.04. The van der Waals surface area contributed by atoms with Crippen molar-refractivity contribution in [1.82, 2.24) is 9.78 Å². The third-order valence-electron chi connectivity index (χ3n) is 3.05. The number of nitrogens with one attached hydrogen (secondary N) is 1. The summed E-state index contributed by atoms with van der Waals surface area (Å²) < 4.78 is 6.68. The van der Waals surface area contributed by atoms with Crippen molar-refractivity contribution in [2.75, 3.05) is 11.9 Å². The molecule has 1 amide bonds. The van der Waals surface area contributed by atoms with Gasteiger partial charge >= 0.3 is 5.97 Å². The van der Waals surface area contributed by atoms with Gasteiger partial charge in [-0.15, -0.1) is 0 Å². The number of ether oxygens (including phenoxy) is 1. The Morgan fingerprint density at radius 2 is 1.91 bits per heavy atom. The molecule has 0 unspecified atom stereocenters. The molecule has 22 heavy (non-hydrogen) atoms. The van der Waals surface area contributed by atoms with Crippen molar-refractivity contribution in [2.24, 2.45) is 0 Å². The third-order valence-corrected chi connectivity index (χ3v) is 3.05. The Morgan fingerprint density at radius 3 is 2.55 bits per heavy atom. The first kappa shape index (κ1) is 15.8. The van der Waals surface area contributed by atoms with Crippen LogP contribution in [0.25, 0.3) is 0 Å². The molecule has 1 aromatic heterocycles. The summed E-state index contributed by atoms with van der Waals surface area (Å²) in [6.07, 6.45) is 1.61. The van der Waals surface area contributed by atoms with Crippen molar-refractivity contribution < 1.29 is 14.3 Å². The molecule has 116 valence electrons. The summed E-state index contributed by atoms with van der Waals surface area (Å²) in [6, 6.07) is 8.79. The number of aromatic nitrogens is 2. The Labute approximate surface area is 129 Å². The van der Waals surface area contributed by atoms with Crippen LogP contribution in [0.1, 0.15) is 35.8 Å². The van der Waals surface area contributed by atoms with E-state index in [0.717, 1.165) is 5.56 Å². The van der Waals surface area contributed by atoms with Gasteiger partial charge < -0.3 is 10.1 Å². The quantitative estimate of drug-likeness (QED) is 0.861. The van der Waals surface area contributed by atoms with Crippen LogP contribution in [0, 0.1) is 6.92 Å². The van der Waals surface area contributed by atoms with E-state index in [1.807, 2.05) is 32.9 Å². The molecule has 1 heterocycles. The molecular formula is C16H19N3O3. The smallest absolute Gasteiger partial charge is 0.338 e. The fourth-order valence-corrected chi connectivity index (χ4v) is 1.91. The number of carbonyl (C=O) groups is 2. The number of esters is 1. The van der Waals surface area contributed by atoms with Crippen molar-refractivity contribution in [2.45, 2.75) is 26.8 Å². The fraction of sp³-hybridized carbons (Fsp3) is 0.312. The SMILES string of the molecule is Cc1ccc(C(=O)OCC(=O)Nc2ccnn2C(C)C)cc1. The molecule has 0 spiro atoms. The number of nitrogens with zero attached hydrogens (tertiary/aromatic N) is 2. The van der Waals surface area contributed by atoms with Crippen molar-refractivity contribution in [3.8, 4) is 0 Å². The van der Waals surface area contributed by atoms with Gasteiger partial charge in [-0.3, -0.25) is 4.79 Å². The lowest BCUT2D eigenvalue weighted by Crippen LogP contribution is -2.23. The molecule has 2 rings (SSSR count). The van der Waals surface area contributed by atoms with E-state index in [9.17, 15) is 9.59 Å². The van der Waals surface area contributed by atoms with Crippen LogP contribution in [-0.2, 0) is 9.53 Å². The number of benzene rings is 1. The molecule has 6 nitrogen and oxygen atoms in total.